The Labute approximate surface area is 173 Å². The van der Waals surface area contributed by atoms with Crippen LogP contribution in [0.5, 0.6) is 0 Å². The molecule has 2 aromatic carbocycles. The Bertz CT molecular complexity index is 1010. The molecule has 0 N–H and O–H groups in total. The lowest BCUT2D eigenvalue weighted by Crippen LogP contribution is -2.37. The number of carbonyl (C=O) groups is 1. The maximum absolute atomic E-state index is 13.5. The molecule has 0 radical (unpaired) electrons. The number of nitrogens with zero attached hydrogens (tertiary/aromatic N) is 2. The molecular formula is C22H24N2O2S2. The molecule has 3 aromatic rings. The molecule has 6 heteroatoms. The number of hydrogen-bond acceptors (Lipinski definition) is 5. The summed E-state index contributed by atoms with van der Waals surface area (Å²) in [7, 11) is 0. The van der Waals surface area contributed by atoms with Gasteiger partial charge in [0.05, 0.1) is 22.9 Å². The van der Waals surface area contributed by atoms with E-state index < -0.39 is 0 Å². The standard InChI is InChI=1S/C22H24N2O2S2/c1-14-9-10-19-20(15(14)2)23-22(28-19)24(13-17-7-5-11-26-17)21(25)16-6-4-8-18(12-16)27-3/h4,6,8-10,12,17H,5,7,11,13H2,1-3H3. The molecule has 1 unspecified atom stereocenters. The van der Waals surface area contributed by atoms with Gasteiger partial charge >= 0.3 is 0 Å². The second-order valence-corrected chi connectivity index (χ2v) is 9.02. The van der Waals surface area contributed by atoms with Crippen LogP contribution >= 0.6 is 23.1 Å². The summed E-state index contributed by atoms with van der Waals surface area (Å²) in [6.07, 6.45) is 4.12. The van der Waals surface area contributed by atoms with Crippen LogP contribution in [0.15, 0.2) is 41.3 Å². The van der Waals surface area contributed by atoms with Crippen molar-refractivity contribution in [1.29, 1.82) is 0 Å². The highest BCUT2D eigenvalue weighted by molar-refractivity contribution is 7.98. The van der Waals surface area contributed by atoms with E-state index in [1.54, 1.807) is 23.1 Å². The number of benzene rings is 2. The lowest BCUT2D eigenvalue weighted by Gasteiger charge is -2.23. The summed E-state index contributed by atoms with van der Waals surface area (Å²) < 4.78 is 6.94. The Morgan fingerprint density at radius 1 is 1.32 bits per heavy atom. The smallest absolute Gasteiger partial charge is 0.260 e. The van der Waals surface area contributed by atoms with Gasteiger partial charge in [-0.1, -0.05) is 23.5 Å². The zero-order chi connectivity index (χ0) is 19.7. The number of aryl methyl sites for hydroxylation is 2. The predicted octanol–water partition coefficient (Wildman–Crippen LogP) is 5.46. The Balaban J connectivity index is 1.74. The average molecular weight is 413 g/mol. The molecule has 1 amide bonds. The number of thiazole rings is 1. The van der Waals surface area contributed by atoms with Crippen molar-refractivity contribution in [3.63, 3.8) is 0 Å². The third kappa shape index (κ3) is 3.81. The van der Waals surface area contributed by atoms with E-state index in [1.165, 1.54) is 11.1 Å². The molecule has 1 aliphatic heterocycles. The minimum Gasteiger partial charge on any atom is -0.376 e. The molecule has 4 rings (SSSR count). The molecule has 2 heterocycles. The minimum absolute atomic E-state index is 0.0140. The number of anilines is 1. The number of fused-ring (bicyclic) bond motifs is 1. The molecule has 1 atom stereocenters. The lowest BCUT2D eigenvalue weighted by atomic mass is 10.1. The summed E-state index contributed by atoms with van der Waals surface area (Å²) in [6.45, 7) is 5.50. The van der Waals surface area contributed by atoms with Gasteiger partial charge in [-0.15, -0.1) is 11.8 Å². The van der Waals surface area contributed by atoms with Gasteiger partial charge in [-0.3, -0.25) is 9.69 Å². The lowest BCUT2D eigenvalue weighted by molar-refractivity contribution is 0.0917. The van der Waals surface area contributed by atoms with E-state index in [1.807, 2.05) is 35.4 Å². The van der Waals surface area contributed by atoms with E-state index in [9.17, 15) is 4.79 Å². The quantitative estimate of drug-likeness (QED) is 0.522. The van der Waals surface area contributed by atoms with Crippen molar-refractivity contribution in [3.8, 4) is 0 Å². The summed E-state index contributed by atoms with van der Waals surface area (Å²) in [4.78, 5) is 21.2. The van der Waals surface area contributed by atoms with Crippen molar-refractivity contribution in [2.24, 2.45) is 0 Å². The van der Waals surface area contributed by atoms with Crippen molar-refractivity contribution in [2.75, 3.05) is 24.3 Å². The first-order valence-electron chi connectivity index (χ1n) is 9.51. The molecule has 1 saturated heterocycles. The molecule has 1 aliphatic rings. The van der Waals surface area contributed by atoms with Crippen molar-refractivity contribution in [1.82, 2.24) is 4.98 Å². The molecule has 1 aromatic heterocycles. The van der Waals surface area contributed by atoms with Gasteiger partial charge in [0.2, 0.25) is 0 Å². The summed E-state index contributed by atoms with van der Waals surface area (Å²) in [6, 6.07) is 12.0. The number of hydrogen-bond donors (Lipinski definition) is 0. The molecule has 0 aliphatic carbocycles. The van der Waals surface area contributed by atoms with Crippen molar-refractivity contribution in [3.05, 3.63) is 53.1 Å². The van der Waals surface area contributed by atoms with E-state index in [0.717, 1.165) is 39.7 Å². The molecule has 4 nitrogen and oxygen atoms in total. The summed E-state index contributed by atoms with van der Waals surface area (Å²) >= 11 is 3.22. The number of thioether (sulfide) groups is 1. The van der Waals surface area contributed by atoms with Gasteiger partial charge in [0.1, 0.15) is 0 Å². The number of ether oxygens (including phenoxy) is 1. The fourth-order valence-electron chi connectivity index (χ4n) is 3.48. The monoisotopic (exact) mass is 412 g/mol. The van der Waals surface area contributed by atoms with Gasteiger partial charge in [-0.25, -0.2) is 4.98 Å². The fraction of sp³-hybridized carbons (Fsp3) is 0.364. The number of amides is 1. The predicted molar refractivity (Wildman–Crippen MR) is 118 cm³/mol. The van der Waals surface area contributed by atoms with E-state index in [2.05, 4.69) is 26.0 Å². The van der Waals surface area contributed by atoms with E-state index in [-0.39, 0.29) is 12.0 Å². The van der Waals surface area contributed by atoms with Crippen LogP contribution in [0.2, 0.25) is 0 Å². The molecule has 1 fully saturated rings. The van der Waals surface area contributed by atoms with Crippen LogP contribution in [0.25, 0.3) is 10.2 Å². The Morgan fingerprint density at radius 3 is 2.93 bits per heavy atom. The largest absolute Gasteiger partial charge is 0.376 e. The van der Waals surface area contributed by atoms with Gasteiger partial charge in [-0.2, -0.15) is 0 Å². The Kier molecular flexibility index (Phi) is 5.71. The fourth-order valence-corrected chi connectivity index (χ4v) is 4.97. The normalized spacial score (nSPS) is 16.6. The molecular weight excluding hydrogens is 388 g/mol. The minimum atomic E-state index is -0.0140. The van der Waals surface area contributed by atoms with Crippen LogP contribution in [0.3, 0.4) is 0 Å². The number of aromatic nitrogens is 1. The van der Waals surface area contributed by atoms with Crippen LogP contribution in [0, 0.1) is 13.8 Å². The highest BCUT2D eigenvalue weighted by Crippen LogP contribution is 2.33. The molecule has 28 heavy (non-hydrogen) atoms. The van der Waals surface area contributed by atoms with Crippen LogP contribution in [-0.2, 0) is 4.74 Å². The average Bonchev–Trinajstić information content (AvgIpc) is 3.38. The van der Waals surface area contributed by atoms with Crippen LogP contribution in [0.1, 0.15) is 34.3 Å². The first-order chi connectivity index (χ1) is 13.6. The van der Waals surface area contributed by atoms with Gasteiger partial charge in [0, 0.05) is 17.1 Å². The van der Waals surface area contributed by atoms with Crippen LogP contribution < -0.4 is 4.90 Å². The van der Waals surface area contributed by atoms with Gasteiger partial charge in [0.15, 0.2) is 5.13 Å². The second kappa shape index (κ2) is 8.23. The first kappa shape index (κ1) is 19.4. The van der Waals surface area contributed by atoms with Crippen molar-refractivity contribution >= 4 is 44.4 Å². The molecule has 0 bridgehead atoms. The van der Waals surface area contributed by atoms with Crippen molar-refractivity contribution in [2.45, 2.75) is 37.7 Å². The highest BCUT2D eigenvalue weighted by Gasteiger charge is 2.27. The van der Waals surface area contributed by atoms with Crippen molar-refractivity contribution < 1.29 is 9.53 Å². The van der Waals surface area contributed by atoms with E-state index in [4.69, 9.17) is 9.72 Å². The summed E-state index contributed by atoms with van der Waals surface area (Å²) in [5, 5.41) is 0.749. The number of carbonyl (C=O) groups excluding carboxylic acids is 1. The number of rotatable bonds is 5. The van der Waals surface area contributed by atoms with Crippen LogP contribution in [-0.4, -0.2) is 36.4 Å². The zero-order valence-corrected chi connectivity index (χ0v) is 18.0. The molecule has 146 valence electrons. The molecule has 0 saturated carbocycles. The topological polar surface area (TPSA) is 42.4 Å². The summed E-state index contributed by atoms with van der Waals surface area (Å²) in [5.41, 5.74) is 4.07. The Hall–Kier alpha value is -1.89. The highest BCUT2D eigenvalue weighted by atomic mass is 32.2. The zero-order valence-electron chi connectivity index (χ0n) is 16.4. The van der Waals surface area contributed by atoms with Gasteiger partial charge < -0.3 is 4.74 Å². The second-order valence-electron chi connectivity index (χ2n) is 7.13. The summed E-state index contributed by atoms with van der Waals surface area (Å²) in [5.74, 6) is -0.0140. The first-order valence-corrected chi connectivity index (χ1v) is 11.5. The van der Waals surface area contributed by atoms with Gasteiger partial charge in [-0.05, 0) is 68.3 Å². The Morgan fingerprint density at radius 2 is 2.18 bits per heavy atom. The van der Waals surface area contributed by atoms with Gasteiger partial charge in [0.25, 0.3) is 5.91 Å². The maximum atomic E-state index is 13.5. The SMILES string of the molecule is CSc1cccc(C(=O)N(CC2CCCO2)c2nc3c(C)c(C)ccc3s2)c1. The maximum Gasteiger partial charge on any atom is 0.260 e. The third-order valence-corrected chi connectivity index (χ3v) is 7.05. The molecule has 0 spiro atoms. The van der Waals surface area contributed by atoms with Crippen LogP contribution in [0.4, 0.5) is 5.13 Å². The third-order valence-electron chi connectivity index (χ3n) is 5.28. The van der Waals surface area contributed by atoms with E-state index in [0.29, 0.717) is 12.1 Å². The van der Waals surface area contributed by atoms with E-state index >= 15 is 0 Å².